The maximum atomic E-state index is 12.9. The van der Waals surface area contributed by atoms with Gasteiger partial charge in [0.15, 0.2) is 0 Å². The summed E-state index contributed by atoms with van der Waals surface area (Å²) in [5.74, 6) is 0.562. The van der Waals surface area contributed by atoms with E-state index < -0.39 is 19.0 Å². The molecule has 2 aromatic rings. The molecule has 4 rings (SSSR count). The number of nitriles is 1. The van der Waals surface area contributed by atoms with E-state index in [4.69, 9.17) is 0 Å². The Morgan fingerprint density at radius 2 is 2.03 bits per heavy atom. The molecule has 0 radical (unpaired) electrons. The van der Waals surface area contributed by atoms with Crippen LogP contribution in [0.5, 0.6) is 0 Å². The third-order valence-electron chi connectivity index (χ3n) is 5.83. The number of rotatable bonds is 5. The van der Waals surface area contributed by atoms with E-state index in [9.17, 15) is 23.2 Å². The van der Waals surface area contributed by atoms with Gasteiger partial charge in [-0.3, -0.25) is 9.48 Å². The van der Waals surface area contributed by atoms with Crippen molar-refractivity contribution in [2.24, 2.45) is 13.0 Å². The van der Waals surface area contributed by atoms with E-state index in [1.807, 2.05) is 22.8 Å². The molecular formula is C21H24F3N7O. The molecule has 1 amide bonds. The third kappa shape index (κ3) is 4.69. The fraction of sp³-hybridized carbons (Fsp3) is 0.571. The summed E-state index contributed by atoms with van der Waals surface area (Å²) in [5.41, 5.74) is 0.905. The number of amides is 1. The number of carbonyl (C=O) groups is 1. The zero-order valence-corrected chi connectivity index (χ0v) is 17.9. The number of hydrogen-bond donors (Lipinski definition) is 0. The summed E-state index contributed by atoms with van der Waals surface area (Å²) in [6, 6.07) is 1.92. The van der Waals surface area contributed by atoms with Crippen LogP contribution in [0, 0.1) is 17.2 Å². The van der Waals surface area contributed by atoms with E-state index >= 15 is 0 Å². The van der Waals surface area contributed by atoms with Crippen LogP contribution in [0.15, 0.2) is 12.4 Å². The average Bonchev–Trinajstić information content (AvgIpc) is 3.51. The second kappa shape index (κ2) is 8.41. The van der Waals surface area contributed by atoms with Crippen LogP contribution in [0.25, 0.3) is 11.3 Å². The summed E-state index contributed by atoms with van der Waals surface area (Å²) in [4.78, 5) is 25.2. The number of alkyl halides is 3. The first-order chi connectivity index (χ1) is 15.2. The molecule has 2 aromatic heterocycles. The smallest absolute Gasteiger partial charge is 0.337 e. The van der Waals surface area contributed by atoms with Gasteiger partial charge in [-0.2, -0.15) is 23.5 Å². The normalized spacial score (nSPS) is 19.2. The fourth-order valence-electron chi connectivity index (χ4n) is 3.98. The second-order valence-electron chi connectivity index (χ2n) is 8.42. The van der Waals surface area contributed by atoms with Crippen LogP contribution in [0.3, 0.4) is 0 Å². The van der Waals surface area contributed by atoms with E-state index in [-0.39, 0.29) is 40.8 Å². The van der Waals surface area contributed by atoms with Crippen LogP contribution in [0.4, 0.5) is 19.1 Å². The zero-order valence-electron chi connectivity index (χ0n) is 17.9. The van der Waals surface area contributed by atoms with E-state index in [0.717, 1.165) is 12.8 Å². The molecule has 11 heteroatoms. The molecular weight excluding hydrogens is 423 g/mol. The Bertz CT molecular complexity index is 1050. The Kier molecular flexibility index (Phi) is 5.79. The number of piperazine rings is 1. The van der Waals surface area contributed by atoms with Gasteiger partial charge >= 0.3 is 6.18 Å². The molecule has 0 spiro atoms. The van der Waals surface area contributed by atoms with Gasteiger partial charge in [0, 0.05) is 56.8 Å². The highest BCUT2D eigenvalue weighted by molar-refractivity contribution is 5.81. The van der Waals surface area contributed by atoms with Crippen molar-refractivity contribution in [3.05, 3.63) is 23.7 Å². The summed E-state index contributed by atoms with van der Waals surface area (Å²) in [5, 5.41) is 13.8. The quantitative estimate of drug-likeness (QED) is 0.700. The standard InChI is InChI=1S/C21H24F3N7O/c1-13-11-30(7-8-31(13)19(32)14-3-4-14)20-27-17(5-6-21(22,23)24)16(9-25)18(28-20)15-10-26-29(2)12-15/h10,12-14H,3-8,11H2,1-2H3/t13-/m1/s1. The van der Waals surface area contributed by atoms with Crippen LogP contribution in [-0.4, -0.2) is 62.4 Å². The Morgan fingerprint density at radius 1 is 1.28 bits per heavy atom. The van der Waals surface area contributed by atoms with Crippen molar-refractivity contribution in [3.63, 3.8) is 0 Å². The maximum Gasteiger partial charge on any atom is 0.389 e. The van der Waals surface area contributed by atoms with Crippen molar-refractivity contribution in [2.75, 3.05) is 24.5 Å². The van der Waals surface area contributed by atoms with Gasteiger partial charge in [-0.25, -0.2) is 9.97 Å². The van der Waals surface area contributed by atoms with E-state index in [2.05, 4.69) is 15.1 Å². The van der Waals surface area contributed by atoms with Crippen molar-refractivity contribution < 1.29 is 18.0 Å². The number of aryl methyl sites for hydroxylation is 2. The molecule has 2 aliphatic rings. The van der Waals surface area contributed by atoms with Gasteiger partial charge < -0.3 is 9.80 Å². The number of aromatic nitrogens is 4. The molecule has 170 valence electrons. The van der Waals surface area contributed by atoms with Crippen molar-refractivity contribution in [2.45, 2.75) is 44.8 Å². The third-order valence-corrected chi connectivity index (χ3v) is 5.83. The maximum absolute atomic E-state index is 12.9. The Balaban J connectivity index is 1.67. The predicted molar refractivity (Wildman–Crippen MR) is 109 cm³/mol. The molecule has 1 saturated heterocycles. The fourth-order valence-corrected chi connectivity index (χ4v) is 3.98. The van der Waals surface area contributed by atoms with E-state index in [1.165, 1.54) is 10.9 Å². The lowest BCUT2D eigenvalue weighted by Gasteiger charge is -2.40. The molecule has 32 heavy (non-hydrogen) atoms. The summed E-state index contributed by atoms with van der Waals surface area (Å²) in [6.45, 7) is 3.39. The van der Waals surface area contributed by atoms with Crippen LogP contribution in [0.2, 0.25) is 0 Å². The number of halogens is 3. The summed E-state index contributed by atoms with van der Waals surface area (Å²) in [7, 11) is 1.71. The molecule has 0 bridgehead atoms. The first-order valence-corrected chi connectivity index (χ1v) is 10.6. The first kappa shape index (κ1) is 22.0. The average molecular weight is 447 g/mol. The van der Waals surface area contributed by atoms with Gasteiger partial charge in [-0.05, 0) is 26.2 Å². The predicted octanol–water partition coefficient (Wildman–Crippen LogP) is 2.69. The zero-order chi connectivity index (χ0) is 23.0. The highest BCUT2D eigenvalue weighted by Crippen LogP contribution is 2.33. The monoisotopic (exact) mass is 447 g/mol. The lowest BCUT2D eigenvalue weighted by molar-refractivity contribution is -0.135. The van der Waals surface area contributed by atoms with Crippen LogP contribution < -0.4 is 4.90 Å². The number of carbonyl (C=O) groups excluding carboxylic acids is 1. The SMILES string of the molecule is C[C@@H]1CN(c2nc(CCC(F)(F)F)c(C#N)c(-c3cnn(C)c3)n2)CCN1C(=O)C1CC1. The van der Waals surface area contributed by atoms with Crippen molar-refractivity contribution >= 4 is 11.9 Å². The minimum absolute atomic E-state index is 0.0293. The molecule has 1 saturated carbocycles. The number of hydrogen-bond acceptors (Lipinski definition) is 6. The molecule has 1 atom stereocenters. The molecule has 2 fully saturated rings. The van der Waals surface area contributed by atoms with Crippen molar-refractivity contribution in [1.82, 2.24) is 24.6 Å². The van der Waals surface area contributed by atoms with Gasteiger partial charge in [0.1, 0.15) is 11.6 Å². The van der Waals surface area contributed by atoms with Crippen molar-refractivity contribution in [3.8, 4) is 17.3 Å². The first-order valence-electron chi connectivity index (χ1n) is 10.6. The van der Waals surface area contributed by atoms with Crippen LogP contribution in [0.1, 0.15) is 37.4 Å². The molecule has 3 heterocycles. The molecule has 0 N–H and O–H groups in total. The summed E-state index contributed by atoms with van der Waals surface area (Å²) >= 11 is 0. The van der Waals surface area contributed by atoms with Crippen LogP contribution >= 0.6 is 0 Å². The van der Waals surface area contributed by atoms with Gasteiger partial charge in [-0.15, -0.1) is 0 Å². The molecule has 0 aromatic carbocycles. The topological polar surface area (TPSA) is 90.9 Å². The molecule has 8 nitrogen and oxygen atoms in total. The molecule has 1 aliphatic carbocycles. The van der Waals surface area contributed by atoms with Gasteiger partial charge in [-0.1, -0.05) is 0 Å². The van der Waals surface area contributed by atoms with Crippen molar-refractivity contribution in [1.29, 1.82) is 5.26 Å². The largest absolute Gasteiger partial charge is 0.389 e. The van der Waals surface area contributed by atoms with Gasteiger partial charge in [0.25, 0.3) is 0 Å². The highest BCUT2D eigenvalue weighted by atomic mass is 19.4. The minimum Gasteiger partial charge on any atom is -0.337 e. The Hall–Kier alpha value is -3.16. The number of nitrogens with zero attached hydrogens (tertiary/aromatic N) is 7. The molecule has 1 aliphatic heterocycles. The van der Waals surface area contributed by atoms with Gasteiger partial charge in [0.2, 0.25) is 11.9 Å². The Morgan fingerprint density at radius 3 is 2.59 bits per heavy atom. The Labute approximate surface area is 183 Å². The summed E-state index contributed by atoms with van der Waals surface area (Å²) in [6.07, 6.45) is -0.807. The lowest BCUT2D eigenvalue weighted by atomic mass is 10.0. The number of anilines is 1. The lowest BCUT2D eigenvalue weighted by Crippen LogP contribution is -2.55. The van der Waals surface area contributed by atoms with Crippen LogP contribution in [-0.2, 0) is 18.3 Å². The van der Waals surface area contributed by atoms with E-state index in [1.54, 1.807) is 13.2 Å². The highest BCUT2D eigenvalue weighted by Gasteiger charge is 2.38. The van der Waals surface area contributed by atoms with E-state index in [0.29, 0.717) is 25.2 Å². The second-order valence-corrected chi connectivity index (χ2v) is 8.42. The minimum atomic E-state index is -4.37. The molecule has 0 unspecified atom stereocenters. The summed E-state index contributed by atoms with van der Waals surface area (Å²) < 4.78 is 40.3. The van der Waals surface area contributed by atoms with Gasteiger partial charge in [0.05, 0.1) is 17.6 Å².